The van der Waals surface area contributed by atoms with E-state index in [-0.39, 0.29) is 0 Å². The van der Waals surface area contributed by atoms with Gasteiger partial charge in [-0.3, -0.25) is 9.80 Å². The van der Waals surface area contributed by atoms with E-state index in [0.29, 0.717) is 11.7 Å². The lowest BCUT2D eigenvalue weighted by Gasteiger charge is -2.48. The van der Waals surface area contributed by atoms with Gasteiger partial charge in [-0.05, 0) is 34.1 Å². The first-order valence-corrected chi connectivity index (χ1v) is 5.05. The summed E-state index contributed by atoms with van der Waals surface area (Å²) in [4.78, 5) is 5.25. The predicted molar refractivity (Wildman–Crippen MR) is 51.0 cm³/mol. The fourth-order valence-electron chi connectivity index (χ4n) is 3.13. The van der Waals surface area contributed by atoms with Gasteiger partial charge in [0.25, 0.3) is 0 Å². The molecule has 0 N–H and O–H groups in total. The van der Waals surface area contributed by atoms with Crippen LogP contribution < -0.4 is 0 Å². The maximum Gasteiger partial charge on any atom is 0.0601 e. The van der Waals surface area contributed by atoms with Crippen molar-refractivity contribution in [1.82, 2.24) is 9.80 Å². The van der Waals surface area contributed by atoms with Gasteiger partial charge in [-0.25, -0.2) is 0 Å². The Hall–Kier alpha value is -0.0800. The zero-order valence-corrected chi connectivity index (χ0v) is 8.67. The SMILES string of the molecule is C[C@H]1CC(C)(C)N2CCN1[C@@H]2C. The summed E-state index contributed by atoms with van der Waals surface area (Å²) in [6, 6.07) is 0.772. The standard InChI is InChI=1S/C10H20N2/c1-8-7-10(3,4)12-6-5-11(8)9(12)2/h8-9H,5-7H2,1-4H3/t8-,9-/m0/s1. The van der Waals surface area contributed by atoms with Crippen LogP contribution in [0.3, 0.4) is 0 Å². The van der Waals surface area contributed by atoms with Crippen LogP contribution in [-0.4, -0.2) is 40.6 Å². The van der Waals surface area contributed by atoms with E-state index in [1.54, 1.807) is 0 Å². The number of fused-ring (bicyclic) bond motifs is 2. The van der Waals surface area contributed by atoms with Crippen molar-refractivity contribution in [1.29, 1.82) is 0 Å². The molecule has 2 heteroatoms. The Morgan fingerprint density at radius 2 is 1.83 bits per heavy atom. The third kappa shape index (κ3) is 1.01. The molecule has 0 spiro atoms. The lowest BCUT2D eigenvalue weighted by atomic mass is 9.91. The smallest absolute Gasteiger partial charge is 0.0601 e. The van der Waals surface area contributed by atoms with Crippen LogP contribution in [0.1, 0.15) is 34.1 Å². The molecular weight excluding hydrogens is 148 g/mol. The maximum atomic E-state index is 2.63. The van der Waals surface area contributed by atoms with Crippen LogP contribution in [0.15, 0.2) is 0 Å². The van der Waals surface area contributed by atoms with Crippen molar-refractivity contribution in [3.05, 3.63) is 0 Å². The Balaban J connectivity index is 2.25. The second kappa shape index (κ2) is 2.46. The van der Waals surface area contributed by atoms with Gasteiger partial charge in [-0.2, -0.15) is 0 Å². The summed E-state index contributed by atoms with van der Waals surface area (Å²) in [5.74, 6) is 0. The zero-order valence-electron chi connectivity index (χ0n) is 8.67. The van der Waals surface area contributed by atoms with E-state index >= 15 is 0 Å². The summed E-state index contributed by atoms with van der Waals surface area (Å²) in [5.41, 5.74) is 0.422. The molecule has 2 rings (SSSR count). The van der Waals surface area contributed by atoms with Crippen molar-refractivity contribution >= 4 is 0 Å². The molecule has 4 atom stereocenters. The molecule has 0 aromatic carbocycles. The topological polar surface area (TPSA) is 6.48 Å². The lowest BCUT2D eigenvalue weighted by Crippen LogP contribution is -2.57. The van der Waals surface area contributed by atoms with Crippen molar-refractivity contribution in [3.8, 4) is 0 Å². The average Bonchev–Trinajstić information content (AvgIpc) is 2.23. The molecule has 2 bridgehead atoms. The summed E-state index contributed by atoms with van der Waals surface area (Å²) in [6.07, 6.45) is 1.99. The second-order valence-electron chi connectivity index (χ2n) is 4.93. The van der Waals surface area contributed by atoms with E-state index < -0.39 is 0 Å². The van der Waals surface area contributed by atoms with Crippen LogP contribution in [0.5, 0.6) is 0 Å². The molecule has 12 heavy (non-hydrogen) atoms. The van der Waals surface area contributed by atoms with Gasteiger partial charge in [0.05, 0.1) is 6.17 Å². The van der Waals surface area contributed by atoms with E-state index in [9.17, 15) is 0 Å². The summed E-state index contributed by atoms with van der Waals surface area (Å²) >= 11 is 0. The van der Waals surface area contributed by atoms with Crippen LogP contribution in [0.2, 0.25) is 0 Å². The maximum absolute atomic E-state index is 2.63. The molecule has 2 unspecified atom stereocenters. The van der Waals surface area contributed by atoms with Gasteiger partial charge in [0.15, 0.2) is 0 Å². The third-order valence-corrected chi connectivity index (χ3v) is 3.67. The van der Waals surface area contributed by atoms with E-state index in [0.717, 1.165) is 6.04 Å². The number of nitrogens with zero attached hydrogens (tertiary/aromatic N) is 2. The largest absolute Gasteiger partial charge is 0.284 e. The molecule has 0 aromatic rings. The fourth-order valence-corrected chi connectivity index (χ4v) is 3.13. The number of hydrogen-bond acceptors (Lipinski definition) is 2. The van der Waals surface area contributed by atoms with Gasteiger partial charge in [0, 0.05) is 24.7 Å². The first-order chi connectivity index (χ1) is 5.52. The summed E-state index contributed by atoms with van der Waals surface area (Å²) in [6.45, 7) is 12.0. The quantitative estimate of drug-likeness (QED) is 0.541. The van der Waals surface area contributed by atoms with E-state index in [2.05, 4.69) is 37.5 Å². The fraction of sp³-hybridized carbons (Fsp3) is 1.00. The Morgan fingerprint density at radius 1 is 1.17 bits per heavy atom. The molecule has 2 heterocycles. The van der Waals surface area contributed by atoms with Gasteiger partial charge in [0.2, 0.25) is 0 Å². The number of hydrogen-bond donors (Lipinski definition) is 0. The van der Waals surface area contributed by atoms with Crippen molar-refractivity contribution in [2.24, 2.45) is 0 Å². The minimum absolute atomic E-state index is 0.422. The molecule has 0 aliphatic carbocycles. The molecule has 2 aliphatic rings. The highest BCUT2D eigenvalue weighted by Crippen LogP contribution is 2.36. The molecular formula is C10H20N2. The van der Waals surface area contributed by atoms with Crippen LogP contribution in [0.25, 0.3) is 0 Å². The Bertz CT molecular complexity index is 188. The van der Waals surface area contributed by atoms with Crippen molar-refractivity contribution < 1.29 is 0 Å². The van der Waals surface area contributed by atoms with Crippen LogP contribution in [0, 0.1) is 0 Å². The molecule has 0 saturated carbocycles. The highest BCUT2D eigenvalue weighted by atomic mass is 15.5. The third-order valence-electron chi connectivity index (χ3n) is 3.67. The van der Waals surface area contributed by atoms with Gasteiger partial charge in [-0.1, -0.05) is 0 Å². The summed E-state index contributed by atoms with van der Waals surface area (Å²) < 4.78 is 0. The summed E-state index contributed by atoms with van der Waals surface area (Å²) in [5, 5.41) is 0. The van der Waals surface area contributed by atoms with Crippen molar-refractivity contribution in [2.45, 2.75) is 51.9 Å². The minimum atomic E-state index is 0.422. The monoisotopic (exact) mass is 168 g/mol. The predicted octanol–water partition coefficient (Wildman–Crippen LogP) is 1.52. The van der Waals surface area contributed by atoms with Crippen LogP contribution in [-0.2, 0) is 0 Å². The Labute approximate surface area is 75.5 Å². The molecule has 2 nitrogen and oxygen atoms in total. The minimum Gasteiger partial charge on any atom is -0.284 e. The van der Waals surface area contributed by atoms with Gasteiger partial charge in [0.1, 0.15) is 0 Å². The van der Waals surface area contributed by atoms with Crippen molar-refractivity contribution in [3.63, 3.8) is 0 Å². The first kappa shape index (κ1) is 8.52. The van der Waals surface area contributed by atoms with Gasteiger partial charge < -0.3 is 0 Å². The van der Waals surface area contributed by atoms with Crippen LogP contribution >= 0.6 is 0 Å². The molecule has 70 valence electrons. The highest BCUT2D eigenvalue weighted by Gasteiger charge is 2.45. The normalized spacial score (nSPS) is 51.0. The Kier molecular flexibility index (Phi) is 1.74. The molecule has 0 aromatic heterocycles. The van der Waals surface area contributed by atoms with E-state index in [4.69, 9.17) is 0 Å². The Morgan fingerprint density at radius 3 is 2.50 bits per heavy atom. The first-order valence-electron chi connectivity index (χ1n) is 5.05. The second-order valence-corrected chi connectivity index (χ2v) is 4.93. The highest BCUT2D eigenvalue weighted by molar-refractivity contribution is 4.99. The lowest BCUT2D eigenvalue weighted by molar-refractivity contribution is -0.0202. The molecule has 2 fully saturated rings. The molecule has 2 saturated heterocycles. The van der Waals surface area contributed by atoms with Crippen molar-refractivity contribution in [2.75, 3.05) is 13.1 Å². The van der Waals surface area contributed by atoms with Crippen LogP contribution in [0.4, 0.5) is 0 Å². The number of rotatable bonds is 0. The average molecular weight is 168 g/mol. The molecule has 0 radical (unpaired) electrons. The zero-order chi connectivity index (χ0) is 8.93. The van der Waals surface area contributed by atoms with E-state index in [1.165, 1.54) is 19.5 Å². The molecule has 2 aliphatic heterocycles. The van der Waals surface area contributed by atoms with Gasteiger partial charge >= 0.3 is 0 Å². The molecule has 0 amide bonds. The van der Waals surface area contributed by atoms with Gasteiger partial charge in [-0.15, -0.1) is 0 Å². The van der Waals surface area contributed by atoms with E-state index in [1.807, 2.05) is 0 Å². The summed E-state index contributed by atoms with van der Waals surface area (Å²) in [7, 11) is 0.